The molecule has 7 aromatic rings. The van der Waals surface area contributed by atoms with Crippen molar-refractivity contribution in [3.8, 4) is 11.4 Å². The SMILES string of the molecule is CC(C)(C)c1cc(CCc2ccccc2)c(-n2ccn(-c3c(CCc4ccccc4)cc(C(C)(C)C)cc3CCc3ccccc3)c2=N)c(CCc2ccccc2)c1. The fraction of sp³-hybridized carbons (Fsp3) is 0.291. The second kappa shape index (κ2) is 17.9. The quantitative estimate of drug-likeness (QED) is 0.114. The number of hydrogen-bond acceptors (Lipinski definition) is 1. The summed E-state index contributed by atoms with van der Waals surface area (Å²) in [5.74, 6) is 0. The van der Waals surface area contributed by atoms with Crippen molar-refractivity contribution in [2.45, 2.75) is 104 Å². The van der Waals surface area contributed by atoms with Crippen LogP contribution in [0.5, 0.6) is 0 Å². The van der Waals surface area contributed by atoms with Crippen LogP contribution in [0.4, 0.5) is 0 Å². The predicted molar refractivity (Wildman–Crippen MR) is 244 cm³/mol. The van der Waals surface area contributed by atoms with E-state index in [1.54, 1.807) is 0 Å². The highest BCUT2D eigenvalue weighted by Crippen LogP contribution is 2.34. The minimum Gasteiger partial charge on any atom is -0.286 e. The number of benzene rings is 6. The highest BCUT2D eigenvalue weighted by Gasteiger charge is 2.24. The van der Waals surface area contributed by atoms with Gasteiger partial charge in [-0.1, -0.05) is 187 Å². The van der Waals surface area contributed by atoms with Crippen LogP contribution in [0.2, 0.25) is 0 Å². The molecule has 0 aliphatic rings. The van der Waals surface area contributed by atoms with Gasteiger partial charge in [0.2, 0.25) is 5.62 Å². The third-order valence-electron chi connectivity index (χ3n) is 11.7. The van der Waals surface area contributed by atoms with E-state index in [0.717, 1.165) is 62.7 Å². The lowest BCUT2D eigenvalue weighted by Gasteiger charge is -2.26. The molecule has 0 radical (unpaired) electrons. The molecule has 0 aliphatic carbocycles. The summed E-state index contributed by atoms with van der Waals surface area (Å²) in [4.78, 5) is 0. The molecule has 1 N–H and O–H groups in total. The number of aryl methyl sites for hydroxylation is 8. The van der Waals surface area contributed by atoms with E-state index < -0.39 is 0 Å². The average Bonchev–Trinajstić information content (AvgIpc) is 3.60. The molecule has 58 heavy (non-hydrogen) atoms. The second-order valence-electron chi connectivity index (χ2n) is 18.1. The molecule has 3 heteroatoms. The van der Waals surface area contributed by atoms with Crippen LogP contribution in [0.1, 0.15) is 97.2 Å². The van der Waals surface area contributed by atoms with E-state index in [4.69, 9.17) is 0 Å². The van der Waals surface area contributed by atoms with Crippen LogP contribution in [0.15, 0.2) is 158 Å². The van der Waals surface area contributed by atoms with Crippen molar-refractivity contribution < 1.29 is 0 Å². The monoisotopic (exact) mass is 763 g/mol. The molecule has 0 saturated carbocycles. The molecule has 0 saturated heterocycles. The fourth-order valence-electron chi connectivity index (χ4n) is 8.21. The first-order valence-electron chi connectivity index (χ1n) is 21.3. The standard InChI is InChI=1S/C55H61N3/c1-54(2,3)49-37-45(31-27-41-19-11-7-12-20-41)51(46(38-49)32-28-42-21-13-8-14-22-42)57-35-36-58(53(57)56)52-47(33-29-43-23-15-9-16-24-43)39-50(55(4,5)6)40-48(52)34-30-44-25-17-10-18-26-44/h7-26,35-40,56H,27-34H2,1-6H3. The molecule has 0 amide bonds. The van der Waals surface area contributed by atoms with Gasteiger partial charge >= 0.3 is 0 Å². The lowest BCUT2D eigenvalue weighted by molar-refractivity contribution is 0.587. The molecule has 6 aromatic carbocycles. The summed E-state index contributed by atoms with van der Waals surface area (Å²) in [5, 5.41) is 10.2. The molecule has 0 unspecified atom stereocenters. The summed E-state index contributed by atoms with van der Waals surface area (Å²) in [6.45, 7) is 13.9. The van der Waals surface area contributed by atoms with E-state index in [1.165, 1.54) is 55.6 Å². The fourth-order valence-corrected chi connectivity index (χ4v) is 8.21. The zero-order chi connectivity index (χ0) is 40.7. The van der Waals surface area contributed by atoms with Gasteiger partial charge in [0, 0.05) is 12.4 Å². The third kappa shape index (κ3) is 9.88. The van der Waals surface area contributed by atoms with Crippen molar-refractivity contribution in [1.29, 1.82) is 5.41 Å². The van der Waals surface area contributed by atoms with Crippen LogP contribution < -0.4 is 5.62 Å². The molecule has 1 heterocycles. The van der Waals surface area contributed by atoms with Gasteiger partial charge in [0.05, 0.1) is 11.4 Å². The van der Waals surface area contributed by atoms with E-state index in [-0.39, 0.29) is 10.8 Å². The number of aromatic nitrogens is 2. The largest absolute Gasteiger partial charge is 0.286 e. The number of nitrogens with zero attached hydrogens (tertiary/aromatic N) is 2. The molecule has 3 nitrogen and oxygen atoms in total. The summed E-state index contributed by atoms with van der Waals surface area (Å²) in [7, 11) is 0. The van der Waals surface area contributed by atoms with E-state index in [0.29, 0.717) is 5.62 Å². The Balaban J connectivity index is 1.40. The average molecular weight is 764 g/mol. The maximum absolute atomic E-state index is 10.2. The molecule has 0 atom stereocenters. The zero-order valence-electron chi connectivity index (χ0n) is 35.6. The summed E-state index contributed by atoms with van der Waals surface area (Å²) in [6, 6.07) is 53.1. The van der Waals surface area contributed by atoms with Crippen LogP contribution in [0, 0.1) is 5.41 Å². The van der Waals surface area contributed by atoms with E-state index in [2.05, 4.69) is 209 Å². The van der Waals surface area contributed by atoms with Gasteiger partial charge in [0.1, 0.15) is 0 Å². The zero-order valence-corrected chi connectivity index (χ0v) is 35.6. The summed E-state index contributed by atoms with van der Waals surface area (Å²) in [5.41, 5.74) is 16.0. The van der Waals surface area contributed by atoms with Crippen LogP contribution in [-0.4, -0.2) is 9.13 Å². The Morgan fingerprint density at radius 3 is 0.828 bits per heavy atom. The number of rotatable bonds is 14. The Labute approximate surface area is 347 Å². The Bertz CT molecular complexity index is 2160. The first-order valence-corrected chi connectivity index (χ1v) is 21.3. The maximum atomic E-state index is 10.2. The molecule has 0 fully saturated rings. The Hall–Kier alpha value is -5.67. The molecule has 0 spiro atoms. The molecular formula is C55H61N3. The van der Waals surface area contributed by atoms with Gasteiger partial charge in [0.15, 0.2) is 0 Å². The predicted octanol–water partition coefficient (Wildman–Crippen LogP) is 12.5. The van der Waals surface area contributed by atoms with Gasteiger partial charge in [-0.15, -0.1) is 0 Å². The lowest BCUT2D eigenvalue weighted by Crippen LogP contribution is -2.27. The van der Waals surface area contributed by atoms with Gasteiger partial charge in [-0.05, 0) is 118 Å². The van der Waals surface area contributed by atoms with Crippen molar-refractivity contribution >= 4 is 0 Å². The van der Waals surface area contributed by atoms with E-state index in [1.807, 2.05) is 0 Å². The van der Waals surface area contributed by atoms with Crippen LogP contribution in [-0.2, 0) is 62.2 Å². The van der Waals surface area contributed by atoms with Gasteiger partial charge < -0.3 is 0 Å². The Morgan fingerprint density at radius 2 is 0.603 bits per heavy atom. The van der Waals surface area contributed by atoms with Crippen molar-refractivity contribution in [1.82, 2.24) is 9.13 Å². The second-order valence-corrected chi connectivity index (χ2v) is 18.1. The van der Waals surface area contributed by atoms with Gasteiger partial charge in [-0.3, -0.25) is 14.5 Å². The molecular weight excluding hydrogens is 703 g/mol. The molecule has 296 valence electrons. The van der Waals surface area contributed by atoms with Crippen LogP contribution >= 0.6 is 0 Å². The minimum atomic E-state index is -0.0158. The third-order valence-corrected chi connectivity index (χ3v) is 11.7. The first-order chi connectivity index (χ1) is 27.9. The Kier molecular flexibility index (Phi) is 12.5. The van der Waals surface area contributed by atoms with Crippen LogP contribution in [0.25, 0.3) is 11.4 Å². The topological polar surface area (TPSA) is 33.7 Å². The van der Waals surface area contributed by atoms with Gasteiger partial charge in [-0.25, -0.2) is 0 Å². The van der Waals surface area contributed by atoms with Crippen molar-refractivity contribution in [3.63, 3.8) is 0 Å². The molecule has 7 rings (SSSR count). The van der Waals surface area contributed by atoms with Crippen LogP contribution in [0.3, 0.4) is 0 Å². The number of nitrogens with one attached hydrogen (secondary N) is 1. The van der Waals surface area contributed by atoms with E-state index in [9.17, 15) is 5.41 Å². The first kappa shape index (κ1) is 40.5. The highest BCUT2D eigenvalue weighted by molar-refractivity contribution is 5.56. The van der Waals surface area contributed by atoms with Gasteiger partial charge in [-0.2, -0.15) is 0 Å². The Morgan fingerprint density at radius 1 is 0.362 bits per heavy atom. The minimum absolute atomic E-state index is 0.0158. The summed E-state index contributed by atoms with van der Waals surface area (Å²) < 4.78 is 4.37. The van der Waals surface area contributed by atoms with Crippen molar-refractivity contribution in [3.05, 3.63) is 219 Å². The normalized spacial score (nSPS) is 11.9. The molecule has 0 bridgehead atoms. The number of hydrogen-bond donors (Lipinski definition) is 1. The van der Waals surface area contributed by atoms with Crippen molar-refractivity contribution in [2.75, 3.05) is 0 Å². The van der Waals surface area contributed by atoms with E-state index >= 15 is 0 Å². The van der Waals surface area contributed by atoms with Crippen molar-refractivity contribution in [2.24, 2.45) is 0 Å². The maximum Gasteiger partial charge on any atom is 0.211 e. The molecule has 1 aromatic heterocycles. The smallest absolute Gasteiger partial charge is 0.211 e. The molecule has 0 aliphatic heterocycles. The lowest BCUT2D eigenvalue weighted by atomic mass is 9.82. The highest BCUT2D eigenvalue weighted by atomic mass is 15.2. The summed E-state index contributed by atoms with van der Waals surface area (Å²) in [6.07, 6.45) is 11.7. The number of imidazole rings is 1. The van der Waals surface area contributed by atoms with Gasteiger partial charge in [0.25, 0.3) is 0 Å². The summed E-state index contributed by atoms with van der Waals surface area (Å²) >= 11 is 0.